The van der Waals surface area contributed by atoms with E-state index in [1.54, 1.807) is 7.11 Å². The zero-order valence-corrected chi connectivity index (χ0v) is 19.3. The van der Waals surface area contributed by atoms with E-state index in [4.69, 9.17) is 16.3 Å². The lowest BCUT2D eigenvalue weighted by molar-refractivity contribution is -0.136. The SMILES string of the molecule is COCC(=O)N(CC(C)C)CC1CN(Cc2ccccc2Cl)CC1c1ccc(F)cc1. The zero-order chi connectivity index (χ0) is 22.4. The summed E-state index contributed by atoms with van der Waals surface area (Å²) in [6.45, 7) is 8.11. The van der Waals surface area contributed by atoms with Gasteiger partial charge in [0.05, 0.1) is 0 Å². The molecule has 2 aromatic carbocycles. The summed E-state index contributed by atoms with van der Waals surface area (Å²) in [6.07, 6.45) is 0. The molecule has 1 aliphatic rings. The number of ether oxygens (including phenoxy) is 1. The van der Waals surface area contributed by atoms with Crippen molar-refractivity contribution in [3.05, 3.63) is 70.5 Å². The Kier molecular flexibility index (Phi) is 8.47. The predicted molar refractivity (Wildman–Crippen MR) is 123 cm³/mol. The van der Waals surface area contributed by atoms with Gasteiger partial charge in [-0.1, -0.05) is 55.8 Å². The van der Waals surface area contributed by atoms with E-state index in [0.29, 0.717) is 19.0 Å². The smallest absolute Gasteiger partial charge is 0.248 e. The van der Waals surface area contributed by atoms with E-state index in [9.17, 15) is 9.18 Å². The Labute approximate surface area is 189 Å². The van der Waals surface area contributed by atoms with E-state index in [2.05, 4.69) is 24.8 Å². The Hall–Kier alpha value is -1.95. The molecular formula is C25H32ClFN2O2. The number of amides is 1. The third-order valence-corrected chi connectivity index (χ3v) is 6.20. The highest BCUT2D eigenvalue weighted by Gasteiger charge is 2.36. The quantitative estimate of drug-likeness (QED) is 0.553. The first-order valence-electron chi connectivity index (χ1n) is 10.8. The number of carbonyl (C=O) groups is 1. The first-order chi connectivity index (χ1) is 14.9. The maximum atomic E-state index is 13.5. The Morgan fingerprint density at radius 1 is 1.19 bits per heavy atom. The molecule has 0 spiro atoms. The standard InChI is InChI=1S/C25H32ClFN2O2/c1-18(2)12-29(25(30)17-31-3)15-21-14-28(13-20-6-4-5-7-24(20)26)16-23(21)19-8-10-22(27)11-9-19/h4-11,18,21,23H,12-17H2,1-3H3. The first-order valence-corrected chi connectivity index (χ1v) is 11.2. The molecule has 0 radical (unpaired) electrons. The van der Waals surface area contributed by atoms with Crippen LogP contribution in [0.15, 0.2) is 48.5 Å². The van der Waals surface area contributed by atoms with Crippen molar-refractivity contribution in [2.24, 2.45) is 11.8 Å². The van der Waals surface area contributed by atoms with Gasteiger partial charge in [-0.25, -0.2) is 4.39 Å². The number of hydrogen-bond donors (Lipinski definition) is 0. The second-order valence-corrected chi connectivity index (χ2v) is 9.24. The van der Waals surface area contributed by atoms with Gasteiger partial charge >= 0.3 is 0 Å². The molecule has 4 nitrogen and oxygen atoms in total. The van der Waals surface area contributed by atoms with E-state index in [0.717, 1.165) is 35.8 Å². The van der Waals surface area contributed by atoms with Crippen LogP contribution >= 0.6 is 11.6 Å². The van der Waals surface area contributed by atoms with Gasteiger partial charge in [0, 0.05) is 50.8 Å². The molecule has 0 aromatic heterocycles. The number of methoxy groups -OCH3 is 1. The van der Waals surface area contributed by atoms with E-state index in [1.807, 2.05) is 35.2 Å². The summed E-state index contributed by atoms with van der Waals surface area (Å²) in [5.74, 6) is 0.604. The Bertz CT molecular complexity index is 859. The fourth-order valence-corrected chi connectivity index (χ4v) is 4.64. The summed E-state index contributed by atoms with van der Waals surface area (Å²) in [4.78, 5) is 17.0. The van der Waals surface area contributed by atoms with Crippen molar-refractivity contribution < 1.29 is 13.9 Å². The summed E-state index contributed by atoms with van der Waals surface area (Å²) in [6, 6.07) is 14.7. The molecule has 6 heteroatoms. The minimum absolute atomic E-state index is 0.0126. The third-order valence-electron chi connectivity index (χ3n) is 5.83. The van der Waals surface area contributed by atoms with Crippen LogP contribution in [0.1, 0.15) is 30.9 Å². The van der Waals surface area contributed by atoms with Crippen LogP contribution in [-0.2, 0) is 16.1 Å². The molecule has 0 aliphatic carbocycles. The monoisotopic (exact) mass is 446 g/mol. The molecule has 0 bridgehead atoms. The van der Waals surface area contributed by atoms with Crippen LogP contribution in [0.3, 0.4) is 0 Å². The molecule has 1 amide bonds. The summed E-state index contributed by atoms with van der Waals surface area (Å²) in [5.41, 5.74) is 2.20. The predicted octanol–water partition coefficient (Wildman–Crippen LogP) is 4.83. The van der Waals surface area contributed by atoms with Gasteiger partial charge in [0.25, 0.3) is 0 Å². The van der Waals surface area contributed by atoms with Gasteiger partial charge in [-0.15, -0.1) is 0 Å². The number of likely N-dealkylation sites (tertiary alicyclic amines) is 1. The molecule has 1 saturated heterocycles. The van der Waals surface area contributed by atoms with Gasteiger partial charge in [0.15, 0.2) is 0 Å². The van der Waals surface area contributed by atoms with E-state index in [-0.39, 0.29) is 30.2 Å². The largest absolute Gasteiger partial charge is 0.375 e. The summed E-state index contributed by atoms with van der Waals surface area (Å²) in [5, 5.41) is 0.765. The fraction of sp³-hybridized carbons (Fsp3) is 0.480. The molecule has 0 saturated carbocycles. The molecule has 0 N–H and O–H groups in total. The highest BCUT2D eigenvalue weighted by Crippen LogP contribution is 2.35. The van der Waals surface area contributed by atoms with Gasteiger partial charge in [0.1, 0.15) is 12.4 Å². The third kappa shape index (κ3) is 6.52. The van der Waals surface area contributed by atoms with Crippen molar-refractivity contribution in [3.63, 3.8) is 0 Å². The molecule has 1 heterocycles. The van der Waals surface area contributed by atoms with Crippen LogP contribution in [0, 0.1) is 17.7 Å². The fourth-order valence-electron chi connectivity index (χ4n) is 4.45. The molecule has 1 aliphatic heterocycles. The lowest BCUT2D eigenvalue weighted by atomic mass is 9.88. The van der Waals surface area contributed by atoms with Crippen molar-refractivity contribution in [2.45, 2.75) is 26.3 Å². The minimum Gasteiger partial charge on any atom is -0.375 e. The maximum absolute atomic E-state index is 13.5. The van der Waals surface area contributed by atoms with E-state index in [1.165, 1.54) is 12.1 Å². The Morgan fingerprint density at radius 3 is 2.55 bits per heavy atom. The second kappa shape index (κ2) is 11.1. The van der Waals surface area contributed by atoms with Gasteiger partial charge in [-0.3, -0.25) is 9.69 Å². The van der Waals surface area contributed by atoms with Crippen LogP contribution < -0.4 is 0 Å². The van der Waals surface area contributed by atoms with Crippen molar-refractivity contribution >= 4 is 17.5 Å². The first kappa shape index (κ1) is 23.7. The van der Waals surface area contributed by atoms with Crippen molar-refractivity contribution in [2.75, 3.05) is 39.9 Å². The van der Waals surface area contributed by atoms with Crippen molar-refractivity contribution in [1.82, 2.24) is 9.80 Å². The van der Waals surface area contributed by atoms with Crippen LogP contribution in [-0.4, -0.2) is 55.6 Å². The number of halogens is 2. The van der Waals surface area contributed by atoms with Crippen LogP contribution in [0.25, 0.3) is 0 Å². The van der Waals surface area contributed by atoms with Crippen LogP contribution in [0.5, 0.6) is 0 Å². The van der Waals surface area contributed by atoms with Gasteiger partial charge in [-0.05, 0) is 41.2 Å². The molecule has 3 rings (SSSR count). The zero-order valence-electron chi connectivity index (χ0n) is 18.6. The molecule has 2 atom stereocenters. The van der Waals surface area contributed by atoms with Gasteiger partial charge < -0.3 is 9.64 Å². The number of hydrogen-bond acceptors (Lipinski definition) is 3. The number of carbonyl (C=O) groups excluding carboxylic acids is 1. The van der Waals surface area contributed by atoms with Crippen molar-refractivity contribution in [1.29, 1.82) is 0 Å². The maximum Gasteiger partial charge on any atom is 0.248 e. The number of benzene rings is 2. The topological polar surface area (TPSA) is 32.8 Å². The molecular weight excluding hydrogens is 415 g/mol. The van der Waals surface area contributed by atoms with Gasteiger partial charge in [0.2, 0.25) is 5.91 Å². The van der Waals surface area contributed by atoms with Crippen LogP contribution in [0.2, 0.25) is 5.02 Å². The number of rotatable bonds is 9. The highest BCUT2D eigenvalue weighted by atomic mass is 35.5. The van der Waals surface area contributed by atoms with E-state index < -0.39 is 0 Å². The average Bonchev–Trinajstić information content (AvgIpc) is 3.12. The summed E-state index contributed by atoms with van der Waals surface area (Å²) >= 11 is 6.39. The summed E-state index contributed by atoms with van der Waals surface area (Å²) in [7, 11) is 1.55. The molecule has 31 heavy (non-hydrogen) atoms. The Balaban J connectivity index is 1.81. The minimum atomic E-state index is -0.233. The number of nitrogens with zero attached hydrogens (tertiary/aromatic N) is 2. The summed E-state index contributed by atoms with van der Waals surface area (Å²) < 4.78 is 18.6. The van der Waals surface area contributed by atoms with Crippen LogP contribution in [0.4, 0.5) is 4.39 Å². The Morgan fingerprint density at radius 2 is 1.90 bits per heavy atom. The normalized spacial score (nSPS) is 19.2. The lowest BCUT2D eigenvalue weighted by Crippen LogP contribution is -2.41. The highest BCUT2D eigenvalue weighted by molar-refractivity contribution is 6.31. The second-order valence-electron chi connectivity index (χ2n) is 8.83. The molecule has 1 fully saturated rings. The van der Waals surface area contributed by atoms with E-state index >= 15 is 0 Å². The molecule has 168 valence electrons. The van der Waals surface area contributed by atoms with Crippen molar-refractivity contribution in [3.8, 4) is 0 Å². The molecule has 2 unspecified atom stereocenters. The lowest BCUT2D eigenvalue weighted by Gasteiger charge is -2.30. The molecule has 2 aromatic rings. The average molecular weight is 447 g/mol. The van der Waals surface area contributed by atoms with Gasteiger partial charge in [-0.2, -0.15) is 0 Å².